The molecule has 0 saturated carbocycles. The molecule has 0 aliphatic carbocycles. The van der Waals surface area contributed by atoms with Crippen molar-refractivity contribution >= 4 is 25.8 Å². The van der Waals surface area contributed by atoms with Gasteiger partial charge in [0.2, 0.25) is 0 Å². The smallest absolute Gasteiger partial charge is 0.0145 e. The summed E-state index contributed by atoms with van der Waals surface area (Å²) in [5, 5.41) is 0. The fourth-order valence-corrected chi connectivity index (χ4v) is 2.89. The van der Waals surface area contributed by atoms with Gasteiger partial charge in [-0.2, -0.15) is 9.90 Å². The summed E-state index contributed by atoms with van der Waals surface area (Å²) in [6.45, 7) is 4.56. The Morgan fingerprint density at radius 3 is 1.50 bits per heavy atom. The average Bonchev–Trinajstić information content (AvgIpc) is 2.34. The Bertz CT molecular complexity index is 139. The lowest BCUT2D eigenvalue weighted by Crippen LogP contribution is -1.97. The van der Waals surface area contributed by atoms with E-state index in [0.717, 1.165) is 4.83 Å². The number of unbranched alkanes of at least 4 members (excludes halogenated alkanes) is 9. The van der Waals surface area contributed by atoms with Crippen molar-refractivity contribution in [3.05, 3.63) is 0 Å². The molecule has 0 nitrogen and oxygen atoms in total. The van der Waals surface area contributed by atoms with E-state index in [1.807, 2.05) is 0 Å². The van der Waals surface area contributed by atoms with Crippen molar-refractivity contribution in [1.29, 1.82) is 0 Å². The van der Waals surface area contributed by atoms with Crippen LogP contribution in [-0.2, 0) is 0 Å². The van der Waals surface area contributed by atoms with E-state index in [9.17, 15) is 0 Å². The summed E-state index contributed by atoms with van der Waals surface area (Å²) in [5.41, 5.74) is 0. The van der Waals surface area contributed by atoms with E-state index in [1.165, 1.54) is 83.5 Å². The molecule has 0 bridgehead atoms. The summed E-state index contributed by atoms with van der Waals surface area (Å²) in [4.78, 5) is 0.784. The van der Waals surface area contributed by atoms with E-state index < -0.39 is 0 Å². The fraction of sp³-hybridized carbons (Fsp3) is 1.00. The van der Waals surface area contributed by atoms with Crippen molar-refractivity contribution < 1.29 is 0 Å². The van der Waals surface area contributed by atoms with Crippen molar-refractivity contribution in [2.75, 3.05) is 0 Å². The normalized spacial score (nSPS) is 12.2. The molecule has 2 atom stereocenters. The van der Waals surface area contributed by atoms with Gasteiger partial charge in [0.15, 0.2) is 0 Å². The van der Waals surface area contributed by atoms with E-state index >= 15 is 0 Å². The molecule has 0 saturated heterocycles. The second kappa shape index (κ2) is 17.9. The largest absolute Gasteiger partial charge is 0.153 e. The summed E-state index contributed by atoms with van der Waals surface area (Å²) < 4.78 is 0. The lowest BCUT2D eigenvalue weighted by molar-refractivity contribution is 0.545. The van der Waals surface area contributed by atoms with Crippen molar-refractivity contribution in [3.63, 3.8) is 0 Å². The van der Waals surface area contributed by atoms with Crippen LogP contribution in [-0.4, -0.2) is 4.83 Å². The number of rotatable bonds is 13. The highest BCUT2D eigenvalue weighted by Gasteiger charge is 2.02. The molecule has 0 heterocycles. The summed E-state index contributed by atoms with van der Waals surface area (Å²) in [7, 11) is 0. The van der Waals surface area contributed by atoms with Gasteiger partial charge in [-0.1, -0.05) is 100 Å². The molecule has 0 aliphatic heterocycles. The summed E-state index contributed by atoms with van der Waals surface area (Å²) in [5.74, 6) is 0. The molecule has 0 aromatic heterocycles. The van der Waals surface area contributed by atoms with Gasteiger partial charge >= 0.3 is 0 Å². The Morgan fingerprint density at radius 1 is 0.611 bits per heavy atom. The summed E-state index contributed by atoms with van der Waals surface area (Å²) >= 11 is 3.79. The molecule has 0 radical (unpaired) electrons. The lowest BCUT2D eigenvalue weighted by atomic mass is 10.0. The van der Waals surface area contributed by atoms with Gasteiger partial charge in [-0.3, -0.25) is 0 Å². The van der Waals surface area contributed by atoms with Crippen LogP contribution in [0.1, 0.15) is 97.3 Å². The van der Waals surface area contributed by atoms with E-state index in [4.69, 9.17) is 0 Å². The molecule has 0 amide bonds. The zero-order chi connectivity index (χ0) is 12.8. The molecule has 0 N–H and O–H groups in total. The van der Waals surface area contributed by atoms with Crippen LogP contribution in [0.15, 0.2) is 0 Å². The predicted octanol–water partition coefficient (Wildman–Crippen LogP) is 6.92. The van der Waals surface area contributed by atoms with Crippen LogP contribution in [0, 0.1) is 0 Å². The quantitative estimate of drug-likeness (QED) is 0.194. The van der Waals surface area contributed by atoms with Gasteiger partial charge in [-0.05, 0) is 12.8 Å². The first kappa shape index (κ1) is 21.2. The van der Waals surface area contributed by atoms with Gasteiger partial charge in [0.25, 0.3) is 0 Å². The number of halogens is 1. The maximum atomic E-state index is 3.79. The number of hydrogen-bond acceptors (Lipinski definition) is 0. The standard InChI is InChI=1S/C16H33Br.H3P/c1-3-5-7-8-9-10-11-12-13-15-16(17)14-6-4-2;/h16H,3-15H2,1-2H3;1H3. The SMILES string of the molecule is CCCCCCCCCCCC(Br)CCCC.P. The van der Waals surface area contributed by atoms with Gasteiger partial charge in [-0.15, -0.1) is 0 Å². The highest BCUT2D eigenvalue weighted by Crippen LogP contribution is 2.18. The minimum Gasteiger partial charge on any atom is -0.153 e. The molecule has 0 aliphatic rings. The first-order valence-electron chi connectivity index (χ1n) is 7.95. The van der Waals surface area contributed by atoms with Crippen LogP contribution in [0.5, 0.6) is 0 Å². The Labute approximate surface area is 128 Å². The first-order valence-corrected chi connectivity index (χ1v) is 8.86. The monoisotopic (exact) mass is 338 g/mol. The van der Waals surface area contributed by atoms with Crippen molar-refractivity contribution in [2.24, 2.45) is 0 Å². The fourth-order valence-electron chi connectivity index (χ4n) is 2.25. The minimum atomic E-state index is 0. The van der Waals surface area contributed by atoms with E-state index in [-0.39, 0.29) is 9.90 Å². The van der Waals surface area contributed by atoms with E-state index in [2.05, 4.69) is 29.8 Å². The van der Waals surface area contributed by atoms with Crippen LogP contribution in [0.3, 0.4) is 0 Å². The molecule has 2 heteroatoms. The van der Waals surface area contributed by atoms with Crippen LogP contribution < -0.4 is 0 Å². The van der Waals surface area contributed by atoms with Crippen molar-refractivity contribution in [3.8, 4) is 0 Å². The van der Waals surface area contributed by atoms with Gasteiger partial charge in [0.05, 0.1) is 0 Å². The zero-order valence-corrected chi connectivity index (χ0v) is 15.9. The maximum absolute atomic E-state index is 3.79. The highest BCUT2D eigenvalue weighted by atomic mass is 79.9. The molecular weight excluding hydrogens is 303 g/mol. The van der Waals surface area contributed by atoms with Crippen LogP contribution in [0.25, 0.3) is 0 Å². The Kier molecular flexibility index (Phi) is 21.1. The Morgan fingerprint density at radius 2 is 1.00 bits per heavy atom. The van der Waals surface area contributed by atoms with E-state index in [1.54, 1.807) is 0 Å². The minimum absolute atomic E-state index is 0. The topological polar surface area (TPSA) is 0 Å². The molecule has 0 aromatic carbocycles. The molecule has 0 fully saturated rings. The van der Waals surface area contributed by atoms with E-state index in [0.29, 0.717) is 0 Å². The van der Waals surface area contributed by atoms with Gasteiger partial charge in [0, 0.05) is 4.83 Å². The van der Waals surface area contributed by atoms with Gasteiger partial charge < -0.3 is 0 Å². The predicted molar refractivity (Wildman–Crippen MR) is 95.2 cm³/mol. The van der Waals surface area contributed by atoms with Gasteiger partial charge in [-0.25, -0.2) is 0 Å². The molecular formula is C16H36BrP. The average molecular weight is 339 g/mol. The highest BCUT2D eigenvalue weighted by molar-refractivity contribution is 9.09. The molecule has 112 valence electrons. The third-order valence-electron chi connectivity index (χ3n) is 3.49. The molecule has 0 aromatic rings. The number of hydrogen-bond donors (Lipinski definition) is 0. The van der Waals surface area contributed by atoms with Crippen LogP contribution in [0.2, 0.25) is 0 Å². The maximum Gasteiger partial charge on any atom is 0.0145 e. The third-order valence-corrected chi connectivity index (χ3v) is 4.41. The van der Waals surface area contributed by atoms with Crippen molar-refractivity contribution in [2.45, 2.75) is 102 Å². The first-order chi connectivity index (χ1) is 8.31. The Balaban J connectivity index is 0. The summed E-state index contributed by atoms with van der Waals surface area (Å²) in [6.07, 6.45) is 18.4. The lowest BCUT2D eigenvalue weighted by Gasteiger charge is -2.08. The number of alkyl halides is 1. The molecule has 0 spiro atoms. The second-order valence-electron chi connectivity index (χ2n) is 5.36. The van der Waals surface area contributed by atoms with Crippen LogP contribution in [0.4, 0.5) is 0 Å². The molecule has 0 rings (SSSR count). The van der Waals surface area contributed by atoms with Crippen LogP contribution >= 0.6 is 25.8 Å². The van der Waals surface area contributed by atoms with Gasteiger partial charge in [0.1, 0.15) is 0 Å². The second-order valence-corrected chi connectivity index (χ2v) is 6.65. The van der Waals surface area contributed by atoms with Crippen molar-refractivity contribution in [1.82, 2.24) is 0 Å². The molecule has 18 heavy (non-hydrogen) atoms. The summed E-state index contributed by atoms with van der Waals surface area (Å²) in [6, 6.07) is 0. The Hall–Kier alpha value is 0.910. The zero-order valence-electron chi connectivity index (χ0n) is 12.9. The third kappa shape index (κ3) is 16.9. The molecule has 2 unspecified atom stereocenters.